The van der Waals surface area contributed by atoms with E-state index in [1.54, 1.807) is 4.57 Å². The van der Waals surface area contributed by atoms with Crippen LogP contribution >= 0.6 is 0 Å². The third-order valence-corrected chi connectivity index (χ3v) is 6.35. The van der Waals surface area contributed by atoms with Crippen molar-refractivity contribution in [1.82, 2.24) is 19.5 Å². The highest BCUT2D eigenvalue weighted by atomic mass is 16.5. The minimum atomic E-state index is -0.863. The second-order valence-corrected chi connectivity index (χ2v) is 8.30. The Hall–Kier alpha value is -3.73. The lowest BCUT2D eigenvalue weighted by Gasteiger charge is -2.21. The van der Waals surface area contributed by atoms with Gasteiger partial charge in [0.15, 0.2) is 11.2 Å². The van der Waals surface area contributed by atoms with E-state index in [1.807, 2.05) is 24.3 Å². The molecule has 168 valence electrons. The van der Waals surface area contributed by atoms with Gasteiger partial charge in [-0.3, -0.25) is 14.3 Å². The van der Waals surface area contributed by atoms with Crippen LogP contribution in [0.4, 0.5) is 11.9 Å². The van der Waals surface area contributed by atoms with Gasteiger partial charge in [-0.25, -0.2) is 4.98 Å². The number of nitrogens with two attached hydrogens (primary N) is 1. The number of aliphatic hydroxyl groups excluding tert-OH is 2. The van der Waals surface area contributed by atoms with Gasteiger partial charge in [-0.1, -0.05) is 48.5 Å². The minimum Gasteiger partial charge on any atom is -0.394 e. The summed E-state index contributed by atoms with van der Waals surface area (Å²) in [5, 5.41) is 23.4. The van der Waals surface area contributed by atoms with Gasteiger partial charge in [-0.2, -0.15) is 4.98 Å². The predicted molar refractivity (Wildman–Crippen MR) is 122 cm³/mol. The smallest absolute Gasteiger partial charge is 0.280 e. The predicted octanol–water partition coefficient (Wildman–Crippen LogP) is 1.52. The topological polar surface area (TPSA) is 151 Å². The van der Waals surface area contributed by atoms with Crippen molar-refractivity contribution in [3.05, 3.63) is 70.0 Å². The summed E-state index contributed by atoms with van der Waals surface area (Å²) in [5.41, 5.74) is 10.1. The molecule has 1 aliphatic heterocycles. The van der Waals surface area contributed by atoms with E-state index in [-0.39, 0.29) is 36.2 Å². The van der Waals surface area contributed by atoms with E-state index in [9.17, 15) is 15.0 Å². The molecule has 0 amide bonds. The highest BCUT2D eigenvalue weighted by Gasteiger charge is 2.38. The molecule has 2 aliphatic rings. The normalized spacial score (nSPS) is 21.9. The summed E-state index contributed by atoms with van der Waals surface area (Å²) in [4.78, 5) is 23.9. The fourth-order valence-electron chi connectivity index (χ4n) is 4.85. The molecule has 10 heteroatoms. The maximum Gasteiger partial charge on any atom is 0.280 e. The van der Waals surface area contributed by atoms with E-state index in [0.29, 0.717) is 5.95 Å². The lowest BCUT2D eigenvalue weighted by molar-refractivity contribution is -0.0425. The Bertz CT molecular complexity index is 1380. The Morgan fingerprint density at radius 3 is 2.42 bits per heavy atom. The first kappa shape index (κ1) is 19.9. The zero-order valence-electron chi connectivity index (χ0n) is 17.5. The van der Waals surface area contributed by atoms with Crippen molar-refractivity contribution < 1.29 is 14.9 Å². The molecule has 33 heavy (non-hydrogen) atoms. The average molecular weight is 446 g/mol. The molecular weight excluding hydrogens is 424 g/mol. The summed E-state index contributed by atoms with van der Waals surface area (Å²) in [7, 11) is 0. The Morgan fingerprint density at radius 1 is 1.12 bits per heavy atom. The number of nitrogens with zero attached hydrogens (tertiary/aromatic N) is 3. The molecule has 10 nitrogen and oxygen atoms in total. The Morgan fingerprint density at radius 2 is 1.79 bits per heavy atom. The SMILES string of the molecule is Nc1nc2c(nc(NC3c4ccccc4-c4ccccc43)n2[C@H]2C[C@H](O)[C@@H](CO)O2)c(=O)[nH]1. The van der Waals surface area contributed by atoms with E-state index in [1.165, 1.54) is 0 Å². The van der Waals surface area contributed by atoms with Crippen LogP contribution in [0.15, 0.2) is 53.3 Å². The number of hydrogen-bond acceptors (Lipinski definition) is 8. The summed E-state index contributed by atoms with van der Waals surface area (Å²) in [6.45, 7) is -0.327. The molecule has 0 unspecified atom stereocenters. The Kier molecular flexibility index (Phi) is 4.47. The average Bonchev–Trinajstić information content (AvgIpc) is 3.46. The van der Waals surface area contributed by atoms with E-state index in [2.05, 4.69) is 44.5 Å². The number of rotatable bonds is 4. The number of H-pyrrole nitrogens is 1. The molecule has 6 N–H and O–H groups in total. The third kappa shape index (κ3) is 3.03. The minimum absolute atomic E-state index is 0.0472. The molecule has 4 aromatic rings. The Balaban J connectivity index is 1.51. The lowest BCUT2D eigenvalue weighted by Crippen LogP contribution is -2.24. The number of nitrogens with one attached hydrogen (secondary N) is 2. The second-order valence-electron chi connectivity index (χ2n) is 8.30. The van der Waals surface area contributed by atoms with E-state index in [4.69, 9.17) is 10.5 Å². The van der Waals surface area contributed by atoms with Crippen molar-refractivity contribution in [3.63, 3.8) is 0 Å². The van der Waals surface area contributed by atoms with Gasteiger partial charge < -0.3 is 26.0 Å². The maximum atomic E-state index is 12.6. The van der Waals surface area contributed by atoms with E-state index < -0.39 is 24.0 Å². The number of anilines is 2. The van der Waals surface area contributed by atoms with Gasteiger partial charge in [-0.05, 0) is 22.3 Å². The first-order chi connectivity index (χ1) is 16.0. The van der Waals surface area contributed by atoms with Crippen molar-refractivity contribution in [2.75, 3.05) is 17.7 Å². The largest absolute Gasteiger partial charge is 0.394 e. The molecule has 0 spiro atoms. The number of aliphatic hydroxyl groups is 2. The molecule has 1 fully saturated rings. The van der Waals surface area contributed by atoms with Gasteiger partial charge in [0.2, 0.25) is 11.9 Å². The van der Waals surface area contributed by atoms with Crippen molar-refractivity contribution in [1.29, 1.82) is 0 Å². The van der Waals surface area contributed by atoms with Crippen LogP contribution in [0.1, 0.15) is 29.8 Å². The maximum absolute atomic E-state index is 12.6. The molecular formula is C23H22N6O4. The van der Waals surface area contributed by atoms with E-state index in [0.717, 1.165) is 22.3 Å². The molecule has 1 aliphatic carbocycles. The molecule has 0 saturated carbocycles. The van der Waals surface area contributed by atoms with Crippen LogP contribution in [0.2, 0.25) is 0 Å². The first-order valence-electron chi connectivity index (χ1n) is 10.7. The summed E-state index contributed by atoms with van der Waals surface area (Å²) < 4.78 is 7.53. The summed E-state index contributed by atoms with van der Waals surface area (Å²) in [6.07, 6.45) is -2.09. The monoisotopic (exact) mass is 446 g/mol. The standard InChI is InChI=1S/C23H22N6O4/c24-22-27-20-19(21(32)28-22)26-23(29(20)17-9-15(31)16(10-30)33-17)25-18-13-7-3-1-5-11(13)12-6-2-4-8-14(12)18/h1-8,15-18,30-31H,9-10H2,(H,25,26)(H3,24,27,28,32)/t15-,16+,17+/m0/s1. The lowest BCUT2D eigenvalue weighted by atomic mass is 10.1. The van der Waals surface area contributed by atoms with Crippen LogP contribution in [0.25, 0.3) is 22.3 Å². The van der Waals surface area contributed by atoms with Gasteiger partial charge in [0.05, 0.1) is 18.8 Å². The molecule has 1 saturated heterocycles. The van der Waals surface area contributed by atoms with Crippen molar-refractivity contribution in [2.24, 2.45) is 0 Å². The summed E-state index contributed by atoms with van der Waals surface area (Å²) in [6, 6.07) is 16.0. The van der Waals surface area contributed by atoms with Crippen LogP contribution in [-0.2, 0) is 4.74 Å². The highest BCUT2D eigenvalue weighted by molar-refractivity contribution is 5.81. The summed E-state index contributed by atoms with van der Waals surface area (Å²) >= 11 is 0. The fourth-order valence-corrected chi connectivity index (χ4v) is 4.85. The molecule has 2 aromatic carbocycles. The van der Waals surface area contributed by atoms with Gasteiger partial charge in [0.1, 0.15) is 12.3 Å². The van der Waals surface area contributed by atoms with Crippen LogP contribution in [0.5, 0.6) is 0 Å². The number of nitrogen functional groups attached to an aromatic ring is 1. The van der Waals surface area contributed by atoms with Gasteiger partial charge in [0, 0.05) is 6.42 Å². The fraction of sp³-hybridized carbons (Fsp3) is 0.261. The number of ether oxygens (including phenoxy) is 1. The second kappa shape index (κ2) is 7.41. The molecule has 0 radical (unpaired) electrons. The molecule has 3 atom stereocenters. The number of hydrogen-bond donors (Lipinski definition) is 5. The van der Waals surface area contributed by atoms with Crippen LogP contribution in [0.3, 0.4) is 0 Å². The van der Waals surface area contributed by atoms with Crippen LogP contribution in [0, 0.1) is 0 Å². The quantitative estimate of drug-likeness (QED) is 0.317. The first-order valence-corrected chi connectivity index (χ1v) is 10.7. The number of aromatic nitrogens is 4. The van der Waals surface area contributed by atoms with Crippen LogP contribution in [-0.4, -0.2) is 48.5 Å². The van der Waals surface area contributed by atoms with Gasteiger partial charge in [0.25, 0.3) is 5.56 Å². The molecule has 6 rings (SSSR count). The van der Waals surface area contributed by atoms with Crippen molar-refractivity contribution in [3.8, 4) is 11.1 Å². The highest BCUT2D eigenvalue weighted by Crippen LogP contribution is 2.45. The molecule has 2 aromatic heterocycles. The van der Waals surface area contributed by atoms with Gasteiger partial charge >= 0.3 is 0 Å². The molecule has 0 bridgehead atoms. The number of imidazole rings is 1. The number of benzene rings is 2. The molecule has 3 heterocycles. The number of aromatic amines is 1. The number of fused-ring (bicyclic) bond motifs is 4. The van der Waals surface area contributed by atoms with Gasteiger partial charge in [-0.15, -0.1) is 0 Å². The third-order valence-electron chi connectivity index (χ3n) is 6.35. The zero-order valence-corrected chi connectivity index (χ0v) is 17.5. The zero-order chi connectivity index (χ0) is 22.7. The van der Waals surface area contributed by atoms with Crippen molar-refractivity contribution >= 4 is 23.1 Å². The van der Waals surface area contributed by atoms with E-state index >= 15 is 0 Å². The van der Waals surface area contributed by atoms with Crippen molar-refractivity contribution in [2.45, 2.75) is 30.9 Å². The van der Waals surface area contributed by atoms with Crippen LogP contribution < -0.4 is 16.6 Å². The Labute approximate surface area is 187 Å². The summed E-state index contributed by atoms with van der Waals surface area (Å²) in [5.74, 6) is 0.315.